The van der Waals surface area contributed by atoms with Crippen molar-refractivity contribution in [1.82, 2.24) is 4.90 Å². The van der Waals surface area contributed by atoms with Gasteiger partial charge in [0.15, 0.2) is 11.5 Å². The fourth-order valence-electron chi connectivity index (χ4n) is 4.35. The lowest BCUT2D eigenvalue weighted by molar-refractivity contribution is 0.0799. The Labute approximate surface area is 150 Å². The van der Waals surface area contributed by atoms with E-state index < -0.39 is 6.10 Å². The molecule has 1 aromatic carbocycles. The third-order valence-corrected chi connectivity index (χ3v) is 6.24. The van der Waals surface area contributed by atoms with E-state index in [0.29, 0.717) is 13.0 Å². The quantitative estimate of drug-likeness (QED) is 0.766. The lowest BCUT2D eigenvalue weighted by Gasteiger charge is -2.35. The fourth-order valence-corrected chi connectivity index (χ4v) is 4.88. The number of aliphatic hydroxyl groups excluding tert-OH is 2. The van der Waals surface area contributed by atoms with Gasteiger partial charge in [0.05, 0.1) is 25.2 Å². The molecule has 3 atom stereocenters. The third kappa shape index (κ3) is 2.31. The highest BCUT2D eigenvalue weighted by atomic mass is 79.9. The van der Waals surface area contributed by atoms with Gasteiger partial charge in [0.2, 0.25) is 0 Å². The minimum Gasteiger partial charge on any atom is -0.493 e. The van der Waals surface area contributed by atoms with Gasteiger partial charge in [-0.3, -0.25) is 4.90 Å². The Kier molecular flexibility index (Phi) is 4.11. The van der Waals surface area contributed by atoms with E-state index in [-0.39, 0.29) is 18.1 Å². The number of β-amino-alcohol motifs (C(OH)–C–C–N with tert-alkyl or cyclic N) is 1. The van der Waals surface area contributed by atoms with Gasteiger partial charge in [-0.1, -0.05) is 28.1 Å². The van der Waals surface area contributed by atoms with E-state index in [1.807, 2.05) is 12.1 Å². The molecule has 1 aromatic rings. The van der Waals surface area contributed by atoms with Crippen LogP contribution in [0.3, 0.4) is 0 Å². The molecule has 0 fully saturated rings. The summed E-state index contributed by atoms with van der Waals surface area (Å²) in [4.78, 5) is 2.27. The summed E-state index contributed by atoms with van der Waals surface area (Å²) in [7, 11) is 1.65. The van der Waals surface area contributed by atoms with Crippen molar-refractivity contribution in [2.45, 2.75) is 37.0 Å². The highest BCUT2D eigenvalue weighted by molar-refractivity contribution is 9.10. The molecule has 24 heavy (non-hydrogen) atoms. The lowest BCUT2D eigenvalue weighted by atomic mass is 9.69. The van der Waals surface area contributed by atoms with E-state index in [0.717, 1.165) is 35.5 Å². The fraction of sp³-hybridized carbons (Fsp3) is 0.556. The summed E-state index contributed by atoms with van der Waals surface area (Å²) >= 11 is 3.70. The molecule has 3 aliphatic rings. The standard InChI is InChI=1S/C18H22BrNO4/c1-23-14-9-13(19)12-10-20(6-7-21)5-4-18-3-2-11(22)8-15(18)24-17(14)16(12)18/h2-3,9,11,15,21-22H,4-8,10H2,1H3/t11-,15-,18-/m1/s1. The van der Waals surface area contributed by atoms with Gasteiger partial charge in [0.1, 0.15) is 6.10 Å². The zero-order valence-corrected chi connectivity index (χ0v) is 15.3. The summed E-state index contributed by atoms with van der Waals surface area (Å²) in [5.41, 5.74) is 2.15. The van der Waals surface area contributed by atoms with Gasteiger partial charge in [-0.25, -0.2) is 0 Å². The van der Waals surface area contributed by atoms with E-state index in [1.165, 1.54) is 11.1 Å². The van der Waals surface area contributed by atoms with Crippen LogP contribution >= 0.6 is 15.9 Å². The van der Waals surface area contributed by atoms with Crippen LogP contribution in [0.25, 0.3) is 0 Å². The molecule has 0 aromatic heterocycles. The first-order valence-corrected chi connectivity index (χ1v) is 9.15. The van der Waals surface area contributed by atoms with E-state index in [2.05, 4.69) is 26.9 Å². The van der Waals surface area contributed by atoms with Gasteiger partial charge in [0, 0.05) is 29.5 Å². The molecule has 0 unspecified atom stereocenters. The number of hydrogen-bond acceptors (Lipinski definition) is 5. The van der Waals surface area contributed by atoms with Gasteiger partial charge in [-0.2, -0.15) is 0 Å². The van der Waals surface area contributed by atoms with Crippen molar-refractivity contribution in [1.29, 1.82) is 0 Å². The van der Waals surface area contributed by atoms with Gasteiger partial charge in [0.25, 0.3) is 0 Å². The molecule has 0 saturated carbocycles. The average Bonchev–Trinajstić information content (AvgIpc) is 2.79. The maximum absolute atomic E-state index is 10.1. The average molecular weight is 396 g/mol. The van der Waals surface area contributed by atoms with Crippen LogP contribution in [0.15, 0.2) is 22.7 Å². The molecule has 5 nitrogen and oxygen atoms in total. The molecule has 6 heteroatoms. The van der Waals surface area contributed by atoms with Crippen LogP contribution in [0.1, 0.15) is 24.0 Å². The largest absolute Gasteiger partial charge is 0.493 e. The van der Waals surface area contributed by atoms with Crippen LogP contribution in [0.5, 0.6) is 11.5 Å². The van der Waals surface area contributed by atoms with E-state index in [4.69, 9.17) is 9.47 Å². The summed E-state index contributed by atoms with van der Waals surface area (Å²) < 4.78 is 12.9. The van der Waals surface area contributed by atoms with E-state index in [1.54, 1.807) is 7.11 Å². The number of hydrogen-bond donors (Lipinski definition) is 2. The summed E-state index contributed by atoms with van der Waals surface area (Å²) in [6, 6.07) is 1.96. The molecule has 0 saturated heterocycles. The SMILES string of the molecule is COc1cc(Br)c2c3c1O[C@@H]1C[C@H](O)C=C[C@]31CCN(CCO)C2. The molecule has 1 aliphatic carbocycles. The Morgan fingerprint density at radius 3 is 3.08 bits per heavy atom. The van der Waals surface area contributed by atoms with Crippen LogP contribution in [0.4, 0.5) is 0 Å². The molecule has 0 bridgehead atoms. The van der Waals surface area contributed by atoms with Crippen molar-refractivity contribution in [2.24, 2.45) is 0 Å². The van der Waals surface area contributed by atoms with Gasteiger partial charge < -0.3 is 19.7 Å². The number of nitrogens with zero attached hydrogens (tertiary/aromatic N) is 1. The zero-order valence-electron chi connectivity index (χ0n) is 13.7. The summed E-state index contributed by atoms with van der Waals surface area (Å²) in [6.45, 7) is 2.45. The van der Waals surface area contributed by atoms with Crippen LogP contribution in [-0.4, -0.2) is 54.1 Å². The summed E-state index contributed by atoms with van der Waals surface area (Å²) in [5.74, 6) is 1.54. The van der Waals surface area contributed by atoms with Crippen molar-refractivity contribution in [3.05, 3.63) is 33.8 Å². The Bertz CT molecular complexity index is 692. The molecule has 0 amide bonds. The Balaban J connectivity index is 1.92. The lowest BCUT2D eigenvalue weighted by Crippen LogP contribution is -2.43. The van der Waals surface area contributed by atoms with Crippen LogP contribution in [0, 0.1) is 0 Å². The first kappa shape index (κ1) is 16.4. The normalized spacial score (nSPS) is 31.2. The smallest absolute Gasteiger partial charge is 0.166 e. The first-order chi connectivity index (χ1) is 11.6. The number of ether oxygens (including phenoxy) is 2. The number of aliphatic hydroxyl groups is 2. The van der Waals surface area contributed by atoms with Crippen molar-refractivity contribution < 1.29 is 19.7 Å². The highest BCUT2D eigenvalue weighted by Gasteiger charge is 2.53. The maximum atomic E-state index is 10.1. The number of halogens is 1. The molecule has 2 N–H and O–H groups in total. The van der Waals surface area contributed by atoms with Crippen LogP contribution in [0.2, 0.25) is 0 Å². The minimum atomic E-state index is -0.468. The minimum absolute atomic E-state index is 0.0801. The van der Waals surface area contributed by atoms with Crippen molar-refractivity contribution in [3.63, 3.8) is 0 Å². The molecule has 0 radical (unpaired) electrons. The van der Waals surface area contributed by atoms with Crippen LogP contribution < -0.4 is 9.47 Å². The van der Waals surface area contributed by atoms with Crippen molar-refractivity contribution in [3.8, 4) is 11.5 Å². The Morgan fingerprint density at radius 2 is 2.33 bits per heavy atom. The Hall–Kier alpha value is -1.08. The third-order valence-electron chi connectivity index (χ3n) is 5.53. The number of benzene rings is 1. The molecule has 1 spiro atoms. The Morgan fingerprint density at radius 1 is 1.50 bits per heavy atom. The second kappa shape index (κ2) is 6.02. The van der Waals surface area contributed by atoms with Gasteiger partial charge in [-0.15, -0.1) is 0 Å². The highest BCUT2D eigenvalue weighted by Crippen LogP contribution is 2.57. The topological polar surface area (TPSA) is 62.2 Å². The predicted octanol–water partition coefficient (Wildman–Crippen LogP) is 1.98. The maximum Gasteiger partial charge on any atom is 0.166 e. The molecule has 2 aliphatic heterocycles. The monoisotopic (exact) mass is 395 g/mol. The van der Waals surface area contributed by atoms with E-state index in [9.17, 15) is 10.2 Å². The summed E-state index contributed by atoms with van der Waals surface area (Å²) in [5, 5.41) is 19.4. The van der Waals surface area contributed by atoms with Crippen LogP contribution in [-0.2, 0) is 12.0 Å². The number of rotatable bonds is 3. The molecule has 4 rings (SSSR count). The van der Waals surface area contributed by atoms with Crippen molar-refractivity contribution in [2.75, 3.05) is 26.8 Å². The van der Waals surface area contributed by atoms with Gasteiger partial charge >= 0.3 is 0 Å². The number of methoxy groups -OCH3 is 1. The zero-order chi connectivity index (χ0) is 16.9. The molecule has 2 heterocycles. The molecule has 130 valence electrons. The van der Waals surface area contributed by atoms with Crippen molar-refractivity contribution >= 4 is 15.9 Å². The first-order valence-electron chi connectivity index (χ1n) is 8.36. The molecular formula is C18H22BrNO4. The van der Waals surface area contributed by atoms with Gasteiger partial charge in [-0.05, 0) is 24.6 Å². The summed E-state index contributed by atoms with van der Waals surface area (Å²) in [6.07, 6.45) is 4.98. The van der Waals surface area contributed by atoms with E-state index >= 15 is 0 Å². The second-order valence-electron chi connectivity index (χ2n) is 6.80. The predicted molar refractivity (Wildman–Crippen MR) is 93.5 cm³/mol. The molecular weight excluding hydrogens is 374 g/mol. The second-order valence-corrected chi connectivity index (χ2v) is 7.66.